The molecule has 0 amide bonds. The van der Waals surface area contributed by atoms with Crippen molar-refractivity contribution in [2.24, 2.45) is 0 Å². The fraction of sp³-hybridized carbons (Fsp3) is 0.100. The van der Waals surface area contributed by atoms with Crippen molar-refractivity contribution in [3.63, 3.8) is 0 Å². The number of nitrogens with one attached hydrogen (secondary N) is 1. The molecule has 0 saturated heterocycles. The number of fused-ring (bicyclic) bond motifs is 1. The fourth-order valence-corrected chi connectivity index (χ4v) is 2.90. The van der Waals surface area contributed by atoms with Crippen LogP contribution in [0.2, 0.25) is 0 Å². The molecule has 0 aliphatic heterocycles. The summed E-state index contributed by atoms with van der Waals surface area (Å²) in [4.78, 5) is 8.95. The number of nitrogens with zero attached hydrogens (tertiary/aromatic N) is 3. The standard InChI is InChI=1S/C20H18N4/c1-14-8-9-17(15(2)12-14)22-20-19(16-6-4-3-5-7-16)23-18-13-21-10-11-24(18)20/h3-13,22H,1-2H3. The van der Waals surface area contributed by atoms with Gasteiger partial charge in [0.15, 0.2) is 5.65 Å². The number of aryl methyl sites for hydroxylation is 2. The number of imidazole rings is 1. The molecule has 24 heavy (non-hydrogen) atoms. The number of hydrogen-bond acceptors (Lipinski definition) is 3. The van der Waals surface area contributed by atoms with Crippen LogP contribution in [0.1, 0.15) is 11.1 Å². The second kappa shape index (κ2) is 5.81. The summed E-state index contributed by atoms with van der Waals surface area (Å²) in [7, 11) is 0. The highest BCUT2D eigenvalue weighted by Crippen LogP contribution is 2.31. The molecule has 0 aliphatic carbocycles. The van der Waals surface area contributed by atoms with Crippen molar-refractivity contribution < 1.29 is 0 Å². The van der Waals surface area contributed by atoms with Gasteiger partial charge >= 0.3 is 0 Å². The highest BCUT2D eigenvalue weighted by atomic mass is 15.1. The van der Waals surface area contributed by atoms with Crippen molar-refractivity contribution in [1.82, 2.24) is 14.4 Å². The van der Waals surface area contributed by atoms with E-state index in [-0.39, 0.29) is 0 Å². The minimum atomic E-state index is 0.823. The first-order chi connectivity index (χ1) is 11.7. The highest BCUT2D eigenvalue weighted by Gasteiger charge is 2.14. The van der Waals surface area contributed by atoms with E-state index in [4.69, 9.17) is 4.98 Å². The Bertz CT molecular complexity index is 1000. The Morgan fingerprint density at radius 3 is 2.62 bits per heavy atom. The first kappa shape index (κ1) is 14.5. The Labute approximate surface area is 140 Å². The van der Waals surface area contributed by atoms with Crippen LogP contribution in [0.15, 0.2) is 67.1 Å². The lowest BCUT2D eigenvalue weighted by atomic mass is 10.1. The van der Waals surface area contributed by atoms with Gasteiger partial charge in [0.1, 0.15) is 11.5 Å². The lowest BCUT2D eigenvalue weighted by Crippen LogP contribution is -1.99. The molecule has 2 aromatic carbocycles. The van der Waals surface area contributed by atoms with Crippen LogP contribution in [0.3, 0.4) is 0 Å². The van der Waals surface area contributed by atoms with Crippen molar-refractivity contribution in [3.05, 3.63) is 78.2 Å². The lowest BCUT2D eigenvalue weighted by molar-refractivity contribution is 1.13. The highest BCUT2D eigenvalue weighted by molar-refractivity contribution is 5.80. The van der Waals surface area contributed by atoms with E-state index in [0.29, 0.717) is 0 Å². The van der Waals surface area contributed by atoms with E-state index < -0.39 is 0 Å². The number of hydrogen-bond donors (Lipinski definition) is 1. The summed E-state index contributed by atoms with van der Waals surface area (Å²) in [5.41, 5.74) is 6.36. The van der Waals surface area contributed by atoms with Crippen LogP contribution in [-0.2, 0) is 0 Å². The molecule has 2 aromatic heterocycles. The average molecular weight is 314 g/mol. The Kier molecular flexibility index (Phi) is 3.50. The smallest absolute Gasteiger partial charge is 0.157 e. The molecule has 0 bridgehead atoms. The molecule has 0 aliphatic rings. The van der Waals surface area contributed by atoms with Gasteiger partial charge in [-0.15, -0.1) is 0 Å². The Morgan fingerprint density at radius 2 is 1.83 bits per heavy atom. The molecule has 4 heteroatoms. The van der Waals surface area contributed by atoms with Crippen LogP contribution in [0.25, 0.3) is 16.9 Å². The first-order valence-corrected chi connectivity index (χ1v) is 7.94. The number of benzene rings is 2. The largest absolute Gasteiger partial charge is 0.339 e. The minimum Gasteiger partial charge on any atom is -0.339 e. The maximum atomic E-state index is 4.76. The average Bonchev–Trinajstić information content (AvgIpc) is 2.97. The molecule has 4 rings (SSSR count). The van der Waals surface area contributed by atoms with Crippen LogP contribution >= 0.6 is 0 Å². The zero-order valence-corrected chi connectivity index (χ0v) is 13.7. The molecule has 1 N–H and O–H groups in total. The summed E-state index contributed by atoms with van der Waals surface area (Å²) in [6, 6.07) is 16.6. The molecule has 0 atom stereocenters. The van der Waals surface area contributed by atoms with Crippen LogP contribution in [-0.4, -0.2) is 14.4 Å². The van der Waals surface area contributed by atoms with Gasteiger partial charge in [0.2, 0.25) is 0 Å². The second-order valence-corrected chi connectivity index (χ2v) is 5.92. The molecule has 0 saturated carbocycles. The zero-order valence-electron chi connectivity index (χ0n) is 13.7. The third-order valence-electron chi connectivity index (χ3n) is 4.11. The molecule has 4 nitrogen and oxygen atoms in total. The minimum absolute atomic E-state index is 0.823. The molecular weight excluding hydrogens is 296 g/mol. The molecule has 4 aromatic rings. The summed E-state index contributed by atoms with van der Waals surface area (Å²) in [6.07, 6.45) is 5.48. The number of rotatable bonds is 3. The Morgan fingerprint density at radius 1 is 1.00 bits per heavy atom. The summed E-state index contributed by atoms with van der Waals surface area (Å²) < 4.78 is 2.04. The summed E-state index contributed by atoms with van der Waals surface area (Å²) in [6.45, 7) is 4.22. The predicted octanol–water partition coefficient (Wildman–Crippen LogP) is 4.76. The lowest BCUT2D eigenvalue weighted by Gasteiger charge is -2.12. The fourth-order valence-electron chi connectivity index (χ4n) is 2.90. The van der Waals surface area contributed by atoms with Crippen LogP contribution in [0, 0.1) is 13.8 Å². The first-order valence-electron chi connectivity index (χ1n) is 7.94. The van der Waals surface area contributed by atoms with Gasteiger partial charge < -0.3 is 5.32 Å². The van der Waals surface area contributed by atoms with Crippen molar-refractivity contribution in [1.29, 1.82) is 0 Å². The third kappa shape index (κ3) is 2.52. The van der Waals surface area contributed by atoms with Crippen molar-refractivity contribution in [2.45, 2.75) is 13.8 Å². The molecule has 2 heterocycles. The molecule has 0 unspecified atom stereocenters. The van der Waals surface area contributed by atoms with Crippen LogP contribution < -0.4 is 5.32 Å². The maximum absolute atomic E-state index is 4.76. The summed E-state index contributed by atoms with van der Waals surface area (Å²) in [5, 5.41) is 3.56. The third-order valence-corrected chi connectivity index (χ3v) is 4.11. The van der Waals surface area contributed by atoms with Crippen LogP contribution in [0.4, 0.5) is 11.5 Å². The second-order valence-electron chi connectivity index (χ2n) is 5.92. The van der Waals surface area contributed by atoms with E-state index in [1.807, 2.05) is 28.8 Å². The summed E-state index contributed by atoms with van der Waals surface area (Å²) >= 11 is 0. The van der Waals surface area contributed by atoms with E-state index in [0.717, 1.165) is 28.4 Å². The van der Waals surface area contributed by atoms with E-state index in [1.54, 1.807) is 12.4 Å². The van der Waals surface area contributed by atoms with Crippen molar-refractivity contribution in [3.8, 4) is 11.3 Å². The molecule has 0 radical (unpaired) electrons. The Balaban J connectivity index is 1.89. The number of anilines is 2. The SMILES string of the molecule is Cc1ccc(Nc2c(-c3ccccc3)nc3cnccn23)c(C)c1. The molecular formula is C20H18N4. The monoisotopic (exact) mass is 314 g/mol. The van der Waals surface area contributed by atoms with Crippen LogP contribution in [0.5, 0.6) is 0 Å². The predicted molar refractivity (Wildman–Crippen MR) is 97.6 cm³/mol. The van der Waals surface area contributed by atoms with E-state index in [2.05, 4.69) is 54.5 Å². The zero-order chi connectivity index (χ0) is 16.5. The Hall–Kier alpha value is -3.14. The van der Waals surface area contributed by atoms with Gasteiger partial charge in [-0.25, -0.2) is 4.98 Å². The van der Waals surface area contributed by atoms with Gasteiger partial charge in [0.05, 0.1) is 6.20 Å². The normalized spacial score (nSPS) is 10.9. The van der Waals surface area contributed by atoms with Gasteiger partial charge in [-0.2, -0.15) is 0 Å². The molecule has 0 spiro atoms. The van der Waals surface area contributed by atoms with Gasteiger partial charge in [0, 0.05) is 23.6 Å². The summed E-state index contributed by atoms with van der Waals surface area (Å²) in [5.74, 6) is 0.950. The van der Waals surface area contributed by atoms with Gasteiger partial charge in [-0.3, -0.25) is 9.38 Å². The maximum Gasteiger partial charge on any atom is 0.157 e. The van der Waals surface area contributed by atoms with E-state index >= 15 is 0 Å². The van der Waals surface area contributed by atoms with Crippen molar-refractivity contribution >= 4 is 17.2 Å². The van der Waals surface area contributed by atoms with Gasteiger partial charge in [0.25, 0.3) is 0 Å². The van der Waals surface area contributed by atoms with Gasteiger partial charge in [-0.1, -0.05) is 48.0 Å². The van der Waals surface area contributed by atoms with Crippen molar-refractivity contribution in [2.75, 3.05) is 5.32 Å². The van der Waals surface area contributed by atoms with Gasteiger partial charge in [-0.05, 0) is 25.5 Å². The van der Waals surface area contributed by atoms with E-state index in [1.165, 1.54) is 11.1 Å². The number of aromatic nitrogens is 3. The quantitative estimate of drug-likeness (QED) is 0.593. The topological polar surface area (TPSA) is 42.2 Å². The molecule has 0 fully saturated rings. The molecule has 118 valence electrons. The van der Waals surface area contributed by atoms with E-state index in [9.17, 15) is 0 Å².